The van der Waals surface area contributed by atoms with Crippen LogP contribution in [0.5, 0.6) is 0 Å². The van der Waals surface area contributed by atoms with Gasteiger partial charge in [-0.2, -0.15) is 0 Å². The van der Waals surface area contributed by atoms with Gasteiger partial charge in [-0.3, -0.25) is 0 Å². The molecule has 1 radical (unpaired) electrons. The molecule has 2 rings (SSSR count). The zero-order valence-electron chi connectivity index (χ0n) is 9.99. The van der Waals surface area contributed by atoms with E-state index in [1.165, 1.54) is 12.3 Å². The van der Waals surface area contributed by atoms with Gasteiger partial charge in [0, 0.05) is 0 Å². The Kier molecular flexibility index (Phi) is 5.04. The van der Waals surface area contributed by atoms with Gasteiger partial charge in [-0.15, -0.1) is 0 Å². The summed E-state index contributed by atoms with van der Waals surface area (Å²) >= 11 is 11.2. The van der Waals surface area contributed by atoms with E-state index in [4.69, 9.17) is 28.3 Å². The molecule has 2 aromatic rings. The molecular weight excluding hydrogens is 384 g/mol. The minimum absolute atomic E-state index is 0.124. The molecule has 105 valence electrons. The molecule has 0 saturated heterocycles. The van der Waals surface area contributed by atoms with Crippen molar-refractivity contribution in [2.24, 2.45) is 5.14 Å². The van der Waals surface area contributed by atoms with Gasteiger partial charge in [0.25, 0.3) is 0 Å². The van der Waals surface area contributed by atoms with Gasteiger partial charge in [0.05, 0.1) is 0 Å². The Labute approximate surface area is 133 Å². The van der Waals surface area contributed by atoms with Crippen molar-refractivity contribution in [2.75, 3.05) is 0 Å². The summed E-state index contributed by atoms with van der Waals surface area (Å²) < 4.78 is 23.7. The third-order valence-electron chi connectivity index (χ3n) is 2.37. The summed E-state index contributed by atoms with van der Waals surface area (Å²) in [7, 11) is -3.73. The molecule has 0 bridgehead atoms. The van der Waals surface area contributed by atoms with Crippen LogP contribution in [-0.2, 0) is 15.2 Å². The molecule has 0 fully saturated rings. The van der Waals surface area contributed by atoms with Crippen molar-refractivity contribution in [3.63, 3.8) is 0 Å². The van der Waals surface area contributed by atoms with Crippen LogP contribution in [0.2, 0.25) is 10.3 Å². The molecule has 20 heavy (non-hydrogen) atoms. The van der Waals surface area contributed by atoms with Crippen LogP contribution in [0.25, 0.3) is 0 Å². The second kappa shape index (κ2) is 6.41. The number of benzene rings is 1. The van der Waals surface area contributed by atoms with Crippen molar-refractivity contribution in [2.45, 2.75) is 10.1 Å². The summed E-state index contributed by atoms with van der Waals surface area (Å²) in [6, 6.07) is 6.61. The van der Waals surface area contributed by atoms with E-state index < -0.39 is 25.8 Å². The van der Waals surface area contributed by atoms with Crippen molar-refractivity contribution in [1.29, 1.82) is 0 Å². The number of rotatable bonds is 4. The third kappa shape index (κ3) is 3.93. The molecule has 1 heterocycles. The monoisotopic (exact) mass is 392 g/mol. The Hall–Kier alpha value is -0.652. The van der Waals surface area contributed by atoms with E-state index in [0.717, 1.165) is 0 Å². The molecule has 0 aliphatic rings. The van der Waals surface area contributed by atoms with Crippen molar-refractivity contribution in [3.05, 3.63) is 46.3 Å². The first-order chi connectivity index (χ1) is 9.38. The van der Waals surface area contributed by atoms with Crippen molar-refractivity contribution in [3.8, 4) is 0 Å². The first kappa shape index (κ1) is 15.7. The Morgan fingerprint density at radius 1 is 1.25 bits per heavy atom. The Morgan fingerprint density at radius 2 is 1.95 bits per heavy atom. The molecule has 0 atom stereocenters. The predicted molar refractivity (Wildman–Crippen MR) is 79.0 cm³/mol. The number of aromatic nitrogens is 2. The van der Waals surface area contributed by atoms with Gasteiger partial charge < -0.3 is 0 Å². The second-order valence-electron chi connectivity index (χ2n) is 3.78. The average molecular weight is 393 g/mol. The van der Waals surface area contributed by atoms with Gasteiger partial charge in [-0.05, 0) is 0 Å². The van der Waals surface area contributed by atoms with Crippen molar-refractivity contribution >= 4 is 53.5 Å². The maximum atomic E-state index is 11.5. The van der Waals surface area contributed by atoms with E-state index >= 15 is 0 Å². The number of nitrogens with zero attached hydrogens (tertiary/aromatic N) is 2. The molecule has 0 unspecified atom stereocenters. The van der Waals surface area contributed by atoms with Crippen molar-refractivity contribution < 1.29 is 8.42 Å². The fraction of sp³-hybridized carbons (Fsp3) is 0.0909. The first-order valence-corrected chi connectivity index (χ1v) is 9.91. The molecule has 0 aliphatic carbocycles. The van der Waals surface area contributed by atoms with Crippen LogP contribution >= 0.6 is 23.2 Å². The van der Waals surface area contributed by atoms with Crippen LogP contribution in [-0.4, -0.2) is 34.1 Å². The molecule has 1 aromatic heterocycles. The van der Waals surface area contributed by atoms with E-state index in [1.54, 1.807) is 18.2 Å². The Morgan fingerprint density at radius 3 is 2.65 bits per heavy atom. The quantitative estimate of drug-likeness (QED) is 0.620. The molecule has 1 aromatic carbocycles. The first-order valence-electron chi connectivity index (χ1n) is 5.34. The maximum absolute atomic E-state index is 11.5. The minimum atomic E-state index is -3.73. The summed E-state index contributed by atoms with van der Waals surface area (Å²) in [4.78, 5) is 7.97. The van der Waals surface area contributed by atoms with Crippen LogP contribution in [0.15, 0.2) is 35.4 Å². The summed E-state index contributed by atoms with van der Waals surface area (Å²) in [6.45, 7) is 0. The van der Waals surface area contributed by atoms with E-state index in [-0.39, 0.29) is 10.2 Å². The molecule has 0 spiro atoms. The fourth-order valence-corrected chi connectivity index (χ4v) is 5.23. The normalized spacial score (nSPS) is 12.2. The summed E-state index contributed by atoms with van der Waals surface area (Å²) in [5.41, 5.74) is 0.654. The zero-order valence-corrected chi connectivity index (χ0v) is 14.2. The topological polar surface area (TPSA) is 85.9 Å². The fourth-order valence-electron chi connectivity index (χ4n) is 1.52. The van der Waals surface area contributed by atoms with Gasteiger partial charge >= 0.3 is 133 Å². The molecule has 2 N–H and O–H groups in total. The van der Waals surface area contributed by atoms with Crippen LogP contribution in [0.4, 0.5) is 0 Å². The molecule has 5 nitrogen and oxygen atoms in total. The predicted octanol–water partition coefficient (Wildman–Crippen LogP) is 0.961. The van der Waals surface area contributed by atoms with Crippen LogP contribution in [0, 0.1) is 0 Å². The van der Waals surface area contributed by atoms with Gasteiger partial charge in [0.1, 0.15) is 0 Å². The number of hydrogen-bond donors (Lipinski definition) is 1. The van der Waals surface area contributed by atoms with E-state index in [9.17, 15) is 8.42 Å². The molecule has 9 heteroatoms. The van der Waals surface area contributed by atoms with Gasteiger partial charge in [0.2, 0.25) is 0 Å². The van der Waals surface area contributed by atoms with E-state index in [1.807, 2.05) is 0 Å². The van der Waals surface area contributed by atoms with Crippen molar-refractivity contribution in [1.82, 2.24) is 9.97 Å². The number of sulfonamides is 1. The molecule has 0 aliphatic heterocycles. The SMILES string of the molecule is NS(=O)(=O)c1ccccc1C[As]c1nc(Cl)ncc1Cl. The average Bonchev–Trinajstić information content (AvgIpc) is 2.39. The van der Waals surface area contributed by atoms with Gasteiger partial charge in [-0.1, -0.05) is 0 Å². The van der Waals surface area contributed by atoms with E-state index in [0.29, 0.717) is 20.3 Å². The zero-order chi connectivity index (χ0) is 14.8. The number of primary sulfonamides is 1. The number of nitrogens with two attached hydrogens (primary N) is 1. The van der Waals surface area contributed by atoms with E-state index in [2.05, 4.69) is 9.97 Å². The second-order valence-corrected chi connectivity index (χ2v) is 8.27. The summed E-state index contributed by atoms with van der Waals surface area (Å²) in [5, 5.41) is 6.27. The third-order valence-corrected chi connectivity index (χ3v) is 6.52. The van der Waals surface area contributed by atoms with Crippen LogP contribution < -0.4 is 9.62 Å². The van der Waals surface area contributed by atoms with Gasteiger partial charge in [0.15, 0.2) is 0 Å². The Bertz CT molecular complexity index is 740. The number of halogens is 2. The Balaban J connectivity index is 2.26. The molecule has 0 saturated carbocycles. The summed E-state index contributed by atoms with van der Waals surface area (Å²) in [5.74, 6) is 0. The van der Waals surface area contributed by atoms with Crippen LogP contribution in [0.1, 0.15) is 5.56 Å². The molecular formula is C11H9AsCl2N3O2S. The summed E-state index contributed by atoms with van der Waals surface area (Å²) in [6.07, 6.45) is 1.44. The van der Waals surface area contributed by atoms with Gasteiger partial charge in [-0.25, -0.2) is 0 Å². The van der Waals surface area contributed by atoms with Crippen LogP contribution in [0.3, 0.4) is 0 Å². The molecule has 0 amide bonds. The number of hydrogen-bond acceptors (Lipinski definition) is 4. The standard InChI is InChI=1S/C11H9AsCl2N3O2S/c13-8-6-16-11(14)17-10(8)12-5-7-3-1-2-4-9(7)20(15,18)19/h1-4,6H,5H2,(H2,15,18,19).